The van der Waals surface area contributed by atoms with Crippen molar-refractivity contribution in [3.63, 3.8) is 0 Å². The maximum atomic E-state index is 4.32. The number of nitrogens with zero attached hydrogens (tertiary/aromatic N) is 5. The highest BCUT2D eigenvalue weighted by molar-refractivity contribution is 5.62. The molecule has 2 heterocycles. The summed E-state index contributed by atoms with van der Waals surface area (Å²) in [5.41, 5.74) is 7.82. The van der Waals surface area contributed by atoms with Gasteiger partial charge in [-0.15, -0.1) is 5.10 Å². The first-order valence-corrected chi connectivity index (χ1v) is 11.1. The van der Waals surface area contributed by atoms with Crippen LogP contribution in [0, 0.1) is 20.8 Å². The topological polar surface area (TPSA) is 37.2 Å². The molecule has 5 nitrogen and oxygen atoms in total. The van der Waals surface area contributed by atoms with Crippen LogP contribution in [0.4, 0.5) is 5.69 Å². The maximum Gasteiger partial charge on any atom is 0.0888 e. The predicted molar refractivity (Wildman–Crippen MR) is 124 cm³/mol. The van der Waals surface area contributed by atoms with Crippen LogP contribution in [0.1, 0.15) is 29.5 Å². The minimum atomic E-state index is 0.923. The SMILES string of the molecule is Cc1ccccc1-c1cnnn1CCCCN1CCN(c2cccc(C)c2C)CC1. The molecular formula is C25H33N5. The zero-order valence-electron chi connectivity index (χ0n) is 18.5. The van der Waals surface area contributed by atoms with Crippen molar-refractivity contribution >= 4 is 5.69 Å². The second kappa shape index (κ2) is 9.43. The molecule has 5 heteroatoms. The van der Waals surface area contributed by atoms with Crippen molar-refractivity contribution in [1.82, 2.24) is 19.9 Å². The molecular weight excluding hydrogens is 370 g/mol. The van der Waals surface area contributed by atoms with Gasteiger partial charge < -0.3 is 4.90 Å². The lowest BCUT2D eigenvalue weighted by atomic mass is 10.1. The third-order valence-electron chi connectivity index (χ3n) is 6.42. The zero-order chi connectivity index (χ0) is 20.9. The third kappa shape index (κ3) is 4.57. The average molecular weight is 404 g/mol. The van der Waals surface area contributed by atoms with E-state index in [9.17, 15) is 0 Å². The number of unbranched alkanes of at least 4 members (excludes halogenated alkanes) is 1. The van der Waals surface area contributed by atoms with Crippen molar-refractivity contribution < 1.29 is 0 Å². The highest BCUT2D eigenvalue weighted by atomic mass is 15.4. The Labute approximate surface area is 180 Å². The van der Waals surface area contributed by atoms with Crippen LogP contribution in [-0.2, 0) is 6.54 Å². The lowest BCUT2D eigenvalue weighted by Crippen LogP contribution is -2.46. The summed E-state index contributed by atoms with van der Waals surface area (Å²) in [5, 5.41) is 8.48. The van der Waals surface area contributed by atoms with E-state index in [1.54, 1.807) is 0 Å². The Hall–Kier alpha value is -2.66. The van der Waals surface area contributed by atoms with Crippen LogP contribution < -0.4 is 4.90 Å². The molecule has 0 saturated carbocycles. The van der Waals surface area contributed by atoms with E-state index in [2.05, 4.69) is 88.0 Å². The largest absolute Gasteiger partial charge is 0.369 e. The number of aryl methyl sites for hydroxylation is 3. The lowest BCUT2D eigenvalue weighted by Gasteiger charge is -2.37. The van der Waals surface area contributed by atoms with Crippen molar-refractivity contribution in [1.29, 1.82) is 0 Å². The van der Waals surface area contributed by atoms with Gasteiger partial charge in [-0.25, -0.2) is 4.68 Å². The Kier molecular flexibility index (Phi) is 6.48. The fraction of sp³-hybridized carbons (Fsp3) is 0.440. The number of aromatic nitrogens is 3. The van der Waals surface area contributed by atoms with Gasteiger partial charge in [0.05, 0.1) is 11.9 Å². The molecule has 1 fully saturated rings. The third-order valence-corrected chi connectivity index (χ3v) is 6.42. The van der Waals surface area contributed by atoms with Gasteiger partial charge in [-0.05, 0) is 62.9 Å². The summed E-state index contributed by atoms with van der Waals surface area (Å²) in [6.07, 6.45) is 4.20. The number of benzene rings is 2. The van der Waals surface area contributed by atoms with Gasteiger partial charge in [0.25, 0.3) is 0 Å². The summed E-state index contributed by atoms with van der Waals surface area (Å²) >= 11 is 0. The molecule has 2 aromatic carbocycles. The normalized spacial score (nSPS) is 15.0. The Balaban J connectivity index is 1.24. The Morgan fingerprint density at radius 2 is 1.53 bits per heavy atom. The van der Waals surface area contributed by atoms with Crippen LogP contribution in [-0.4, -0.2) is 52.6 Å². The van der Waals surface area contributed by atoms with Crippen molar-refractivity contribution in [3.05, 3.63) is 65.4 Å². The van der Waals surface area contributed by atoms with Crippen molar-refractivity contribution in [2.24, 2.45) is 0 Å². The number of rotatable bonds is 7. The first-order chi connectivity index (χ1) is 14.6. The Morgan fingerprint density at radius 3 is 2.33 bits per heavy atom. The number of anilines is 1. The number of piperazine rings is 1. The molecule has 0 N–H and O–H groups in total. The van der Waals surface area contributed by atoms with E-state index in [1.165, 1.54) is 34.4 Å². The summed E-state index contributed by atoms with van der Waals surface area (Å²) in [6, 6.07) is 15.1. The molecule has 1 aliphatic rings. The molecule has 30 heavy (non-hydrogen) atoms. The summed E-state index contributed by atoms with van der Waals surface area (Å²) in [5.74, 6) is 0. The molecule has 0 aliphatic carbocycles. The fourth-order valence-electron chi connectivity index (χ4n) is 4.38. The molecule has 1 saturated heterocycles. The van der Waals surface area contributed by atoms with Gasteiger partial charge in [0.1, 0.15) is 0 Å². The smallest absolute Gasteiger partial charge is 0.0888 e. The van der Waals surface area contributed by atoms with Crippen LogP contribution in [0.2, 0.25) is 0 Å². The summed E-state index contributed by atoms with van der Waals surface area (Å²) in [4.78, 5) is 5.15. The van der Waals surface area contributed by atoms with Crippen LogP contribution in [0.15, 0.2) is 48.7 Å². The lowest BCUT2D eigenvalue weighted by molar-refractivity contribution is 0.250. The molecule has 3 aromatic rings. The molecule has 158 valence electrons. The average Bonchev–Trinajstić information content (AvgIpc) is 3.22. The molecule has 4 rings (SSSR count). The molecule has 0 unspecified atom stereocenters. The van der Waals surface area contributed by atoms with Crippen molar-refractivity contribution in [2.45, 2.75) is 40.2 Å². The van der Waals surface area contributed by atoms with Gasteiger partial charge in [-0.3, -0.25) is 4.90 Å². The van der Waals surface area contributed by atoms with E-state index in [1.807, 2.05) is 6.20 Å². The van der Waals surface area contributed by atoms with Gasteiger partial charge in [-0.2, -0.15) is 0 Å². The zero-order valence-corrected chi connectivity index (χ0v) is 18.5. The van der Waals surface area contributed by atoms with Gasteiger partial charge >= 0.3 is 0 Å². The van der Waals surface area contributed by atoms with Crippen LogP contribution >= 0.6 is 0 Å². The van der Waals surface area contributed by atoms with Gasteiger partial charge in [0.15, 0.2) is 0 Å². The Morgan fingerprint density at radius 1 is 0.800 bits per heavy atom. The number of hydrogen-bond acceptors (Lipinski definition) is 4. The molecule has 1 aliphatic heterocycles. The summed E-state index contributed by atoms with van der Waals surface area (Å²) < 4.78 is 2.06. The van der Waals surface area contributed by atoms with E-state index in [0.717, 1.165) is 51.4 Å². The standard InChI is InChI=1S/C25H33N5/c1-20-10-8-12-24(22(20)3)29-17-15-28(16-18-29)13-6-7-14-30-25(19-26-27-30)23-11-5-4-9-21(23)2/h4-5,8-12,19H,6-7,13-18H2,1-3H3. The van der Waals surface area contributed by atoms with E-state index < -0.39 is 0 Å². The van der Waals surface area contributed by atoms with Crippen molar-refractivity contribution in [2.75, 3.05) is 37.6 Å². The monoisotopic (exact) mass is 403 g/mol. The highest BCUT2D eigenvalue weighted by Gasteiger charge is 2.18. The minimum absolute atomic E-state index is 0.923. The van der Waals surface area contributed by atoms with E-state index in [4.69, 9.17) is 0 Å². The highest BCUT2D eigenvalue weighted by Crippen LogP contribution is 2.24. The van der Waals surface area contributed by atoms with Gasteiger partial charge in [-0.1, -0.05) is 41.6 Å². The molecule has 0 amide bonds. The van der Waals surface area contributed by atoms with E-state index in [-0.39, 0.29) is 0 Å². The first-order valence-electron chi connectivity index (χ1n) is 11.1. The minimum Gasteiger partial charge on any atom is -0.369 e. The second-order valence-electron chi connectivity index (χ2n) is 8.41. The van der Waals surface area contributed by atoms with Crippen LogP contribution in [0.3, 0.4) is 0 Å². The molecule has 0 bridgehead atoms. The fourth-order valence-corrected chi connectivity index (χ4v) is 4.38. The molecule has 0 radical (unpaired) electrons. The van der Waals surface area contributed by atoms with Gasteiger partial charge in [0.2, 0.25) is 0 Å². The molecule has 1 aromatic heterocycles. The summed E-state index contributed by atoms with van der Waals surface area (Å²) in [6.45, 7) is 13.2. The van der Waals surface area contributed by atoms with Crippen molar-refractivity contribution in [3.8, 4) is 11.3 Å². The van der Waals surface area contributed by atoms with Crippen LogP contribution in [0.25, 0.3) is 11.3 Å². The van der Waals surface area contributed by atoms with Crippen LogP contribution in [0.5, 0.6) is 0 Å². The molecule has 0 atom stereocenters. The van der Waals surface area contributed by atoms with E-state index in [0.29, 0.717) is 0 Å². The quantitative estimate of drug-likeness (QED) is 0.546. The van der Waals surface area contributed by atoms with E-state index >= 15 is 0 Å². The molecule has 0 spiro atoms. The maximum absolute atomic E-state index is 4.32. The van der Waals surface area contributed by atoms with Gasteiger partial charge in [0, 0.05) is 44.0 Å². The second-order valence-corrected chi connectivity index (χ2v) is 8.41. The number of hydrogen-bond donors (Lipinski definition) is 0. The first kappa shape index (κ1) is 20.6. The predicted octanol–water partition coefficient (Wildman–Crippen LogP) is 4.47. The Bertz CT molecular complexity index is 969. The summed E-state index contributed by atoms with van der Waals surface area (Å²) in [7, 11) is 0.